The third kappa shape index (κ3) is 3.91. The molecule has 4 heterocycles. The molecule has 1 aliphatic rings. The molecule has 0 bridgehead atoms. The fourth-order valence-corrected chi connectivity index (χ4v) is 3.55. The molecule has 1 aromatic carbocycles. The summed E-state index contributed by atoms with van der Waals surface area (Å²) in [4.78, 5) is 30.8. The number of hydrogen-bond acceptors (Lipinski definition) is 7. The highest BCUT2D eigenvalue weighted by Crippen LogP contribution is 2.20. The number of amides is 1. The van der Waals surface area contributed by atoms with E-state index in [1.54, 1.807) is 24.5 Å². The summed E-state index contributed by atoms with van der Waals surface area (Å²) in [5.41, 5.74) is 2.04. The van der Waals surface area contributed by atoms with Crippen LogP contribution in [0.5, 0.6) is 0 Å². The van der Waals surface area contributed by atoms with Gasteiger partial charge in [0.25, 0.3) is 11.5 Å². The van der Waals surface area contributed by atoms with Crippen molar-refractivity contribution in [1.82, 2.24) is 35.1 Å². The van der Waals surface area contributed by atoms with Crippen LogP contribution in [0.25, 0.3) is 16.9 Å². The summed E-state index contributed by atoms with van der Waals surface area (Å²) in [6, 6.07) is 15.2. The maximum Gasteiger partial charge on any atom is 0.273 e. The molecule has 3 aromatic heterocycles. The van der Waals surface area contributed by atoms with Crippen LogP contribution < -0.4 is 10.9 Å². The fraction of sp³-hybridized carbons (Fsp3) is 0.182. The summed E-state index contributed by atoms with van der Waals surface area (Å²) in [5.74, 6) is -0.399. The highest BCUT2D eigenvalue weighted by molar-refractivity contribution is 5.92. The van der Waals surface area contributed by atoms with Gasteiger partial charge in [0.15, 0.2) is 5.69 Å². The lowest BCUT2D eigenvalue weighted by atomic mass is 10.1. The van der Waals surface area contributed by atoms with Gasteiger partial charge in [-0.25, -0.2) is 4.68 Å². The van der Waals surface area contributed by atoms with Crippen molar-refractivity contribution >= 4 is 5.91 Å². The number of carbonyl (C=O) groups excluding carboxylic acids is 1. The van der Waals surface area contributed by atoms with Gasteiger partial charge < -0.3 is 10.1 Å². The molecule has 1 amide bonds. The molecule has 10 heteroatoms. The SMILES string of the molecule is O=C(NC1COCC1n1nc(-c2cccnc2)ccc1=O)c1cnn(-c2ccccc2)n1. The average Bonchev–Trinajstić information content (AvgIpc) is 3.51. The maximum atomic E-state index is 12.8. The number of hydrogen-bond donors (Lipinski definition) is 1. The molecule has 0 aliphatic carbocycles. The van der Waals surface area contributed by atoms with Crippen LogP contribution in [0.15, 0.2) is 78.0 Å². The number of nitrogens with zero attached hydrogens (tertiary/aromatic N) is 6. The molecule has 5 rings (SSSR count). The number of nitrogens with one attached hydrogen (secondary N) is 1. The molecule has 1 N–H and O–H groups in total. The van der Waals surface area contributed by atoms with E-state index in [1.807, 2.05) is 36.4 Å². The Morgan fingerprint density at radius 1 is 1.00 bits per heavy atom. The van der Waals surface area contributed by atoms with E-state index in [1.165, 1.54) is 21.7 Å². The normalized spacial score (nSPS) is 17.9. The van der Waals surface area contributed by atoms with E-state index in [4.69, 9.17) is 4.74 Å². The van der Waals surface area contributed by atoms with E-state index in [9.17, 15) is 9.59 Å². The van der Waals surface area contributed by atoms with Crippen molar-refractivity contribution in [3.05, 3.63) is 89.2 Å². The van der Waals surface area contributed by atoms with Crippen LogP contribution in [-0.4, -0.2) is 54.9 Å². The number of ether oxygens (including phenoxy) is 1. The molecule has 160 valence electrons. The van der Waals surface area contributed by atoms with Crippen molar-refractivity contribution in [3.8, 4) is 16.9 Å². The minimum atomic E-state index is -0.452. The quantitative estimate of drug-likeness (QED) is 0.507. The molecule has 0 saturated carbocycles. The smallest absolute Gasteiger partial charge is 0.273 e. The molecule has 2 atom stereocenters. The summed E-state index contributed by atoms with van der Waals surface area (Å²) in [6.45, 7) is 0.513. The fourth-order valence-electron chi connectivity index (χ4n) is 3.55. The number of benzene rings is 1. The number of pyridine rings is 1. The molecule has 4 aromatic rings. The second kappa shape index (κ2) is 8.52. The van der Waals surface area contributed by atoms with E-state index in [0.29, 0.717) is 5.69 Å². The zero-order valence-electron chi connectivity index (χ0n) is 16.9. The first kappa shape index (κ1) is 19.8. The van der Waals surface area contributed by atoms with Crippen LogP contribution in [0.1, 0.15) is 16.5 Å². The monoisotopic (exact) mass is 429 g/mol. The Hall–Kier alpha value is -4.18. The first-order valence-corrected chi connectivity index (χ1v) is 10.1. The van der Waals surface area contributed by atoms with Crippen molar-refractivity contribution in [1.29, 1.82) is 0 Å². The second-order valence-corrected chi connectivity index (χ2v) is 7.28. The summed E-state index contributed by atoms with van der Waals surface area (Å²) in [6.07, 6.45) is 4.75. The second-order valence-electron chi connectivity index (χ2n) is 7.28. The molecule has 1 fully saturated rings. The molecule has 1 saturated heterocycles. The van der Waals surface area contributed by atoms with Crippen molar-refractivity contribution in [2.45, 2.75) is 12.1 Å². The summed E-state index contributed by atoms with van der Waals surface area (Å²) < 4.78 is 6.93. The predicted molar refractivity (Wildman–Crippen MR) is 114 cm³/mol. The first-order chi connectivity index (χ1) is 15.7. The van der Waals surface area contributed by atoms with Gasteiger partial charge >= 0.3 is 0 Å². The van der Waals surface area contributed by atoms with E-state index in [-0.39, 0.29) is 24.5 Å². The van der Waals surface area contributed by atoms with E-state index < -0.39 is 18.0 Å². The van der Waals surface area contributed by atoms with E-state index in [0.717, 1.165) is 11.3 Å². The molecule has 0 radical (unpaired) electrons. The van der Waals surface area contributed by atoms with Crippen LogP contribution in [0.2, 0.25) is 0 Å². The van der Waals surface area contributed by atoms with Crippen molar-refractivity contribution in [2.24, 2.45) is 0 Å². The first-order valence-electron chi connectivity index (χ1n) is 10.1. The third-order valence-corrected chi connectivity index (χ3v) is 5.18. The van der Waals surface area contributed by atoms with Crippen molar-refractivity contribution < 1.29 is 9.53 Å². The molecule has 32 heavy (non-hydrogen) atoms. The van der Waals surface area contributed by atoms with Gasteiger partial charge in [-0.05, 0) is 30.3 Å². The standard InChI is InChI=1S/C22H19N7O3/c30-21-9-8-17(15-5-4-10-23-11-15)26-28(21)20-14-32-13-19(20)25-22(31)18-12-24-29(27-18)16-6-2-1-3-7-16/h1-12,19-20H,13-14H2,(H,25,31). The summed E-state index contributed by atoms with van der Waals surface area (Å²) in [7, 11) is 0. The Morgan fingerprint density at radius 3 is 2.69 bits per heavy atom. The molecular formula is C22H19N7O3. The summed E-state index contributed by atoms with van der Waals surface area (Å²) >= 11 is 0. The van der Waals surface area contributed by atoms with Crippen molar-refractivity contribution in [3.63, 3.8) is 0 Å². The zero-order chi connectivity index (χ0) is 21.9. The van der Waals surface area contributed by atoms with E-state index >= 15 is 0 Å². The third-order valence-electron chi connectivity index (χ3n) is 5.18. The molecule has 10 nitrogen and oxygen atoms in total. The zero-order valence-corrected chi connectivity index (χ0v) is 16.9. The van der Waals surface area contributed by atoms with Gasteiger partial charge in [-0.1, -0.05) is 18.2 Å². The minimum Gasteiger partial charge on any atom is -0.377 e. The highest BCUT2D eigenvalue weighted by atomic mass is 16.5. The maximum absolute atomic E-state index is 12.8. The lowest BCUT2D eigenvalue weighted by Gasteiger charge is -2.20. The Balaban J connectivity index is 1.36. The van der Waals surface area contributed by atoms with Crippen LogP contribution >= 0.6 is 0 Å². The van der Waals surface area contributed by atoms with Crippen LogP contribution in [0.4, 0.5) is 0 Å². The Bertz CT molecular complexity index is 1290. The molecule has 1 aliphatic heterocycles. The minimum absolute atomic E-state index is 0.170. The molecule has 0 spiro atoms. The Labute approximate surface area is 182 Å². The summed E-state index contributed by atoms with van der Waals surface area (Å²) in [5, 5.41) is 15.8. The number of para-hydroxylation sites is 1. The van der Waals surface area contributed by atoms with Gasteiger partial charge in [0.2, 0.25) is 0 Å². The van der Waals surface area contributed by atoms with E-state index in [2.05, 4.69) is 25.6 Å². The lowest BCUT2D eigenvalue weighted by molar-refractivity contribution is 0.0919. The Kier molecular flexibility index (Phi) is 5.26. The van der Waals surface area contributed by atoms with Crippen LogP contribution in [-0.2, 0) is 4.74 Å². The van der Waals surface area contributed by atoms with Gasteiger partial charge in [0, 0.05) is 24.0 Å². The van der Waals surface area contributed by atoms with Gasteiger partial charge in [0.1, 0.15) is 6.04 Å². The van der Waals surface area contributed by atoms with Gasteiger partial charge in [-0.2, -0.15) is 15.0 Å². The molecular weight excluding hydrogens is 410 g/mol. The molecule has 2 unspecified atom stereocenters. The largest absolute Gasteiger partial charge is 0.377 e. The Morgan fingerprint density at radius 2 is 1.88 bits per heavy atom. The highest BCUT2D eigenvalue weighted by Gasteiger charge is 2.33. The van der Waals surface area contributed by atoms with Crippen molar-refractivity contribution in [2.75, 3.05) is 13.2 Å². The number of rotatable bonds is 5. The predicted octanol–water partition coefficient (Wildman–Crippen LogP) is 1.26. The lowest BCUT2D eigenvalue weighted by Crippen LogP contribution is -2.44. The number of aromatic nitrogens is 6. The average molecular weight is 429 g/mol. The van der Waals surface area contributed by atoms with Crippen LogP contribution in [0, 0.1) is 0 Å². The van der Waals surface area contributed by atoms with Gasteiger partial charge in [-0.15, -0.1) is 5.10 Å². The van der Waals surface area contributed by atoms with Gasteiger partial charge in [0.05, 0.1) is 36.8 Å². The topological polar surface area (TPSA) is 117 Å². The number of carbonyl (C=O) groups is 1. The van der Waals surface area contributed by atoms with Crippen LogP contribution in [0.3, 0.4) is 0 Å². The van der Waals surface area contributed by atoms with Gasteiger partial charge in [-0.3, -0.25) is 14.6 Å².